The molecule has 0 aliphatic rings. The number of nitrogens with zero attached hydrogens (tertiary/aromatic N) is 2. The maximum Gasteiger partial charge on any atom is 0.307 e. The van der Waals surface area contributed by atoms with E-state index in [2.05, 4.69) is 9.82 Å². The summed E-state index contributed by atoms with van der Waals surface area (Å²) in [6.07, 6.45) is 2.08. The van der Waals surface area contributed by atoms with Crippen LogP contribution in [0.3, 0.4) is 0 Å². The summed E-state index contributed by atoms with van der Waals surface area (Å²) in [7, 11) is -3.96. The molecule has 0 amide bonds. The van der Waals surface area contributed by atoms with E-state index in [4.69, 9.17) is 5.11 Å². The van der Waals surface area contributed by atoms with Gasteiger partial charge in [0.25, 0.3) is 10.0 Å². The van der Waals surface area contributed by atoms with Gasteiger partial charge in [0.2, 0.25) is 0 Å². The zero-order chi connectivity index (χ0) is 18.7. The number of aliphatic carboxylic acids is 1. The maximum absolute atomic E-state index is 13.8. The molecule has 3 rings (SSSR count). The van der Waals surface area contributed by atoms with Gasteiger partial charge in [-0.1, -0.05) is 24.3 Å². The standard InChI is InChI=1S/C17H14FN3O4S/c18-15-6-1-2-7-16(15)21-11-14(10-19-21)26(24,25)20-13-5-3-4-12(8-13)9-17(22)23/h1-8,10-11,20H,9H2,(H,22,23). The lowest BCUT2D eigenvalue weighted by Gasteiger charge is -2.07. The van der Waals surface area contributed by atoms with Gasteiger partial charge in [-0.05, 0) is 29.8 Å². The second kappa shape index (κ2) is 6.96. The van der Waals surface area contributed by atoms with Gasteiger partial charge < -0.3 is 5.11 Å². The number of sulfonamides is 1. The van der Waals surface area contributed by atoms with Gasteiger partial charge in [0.1, 0.15) is 16.4 Å². The van der Waals surface area contributed by atoms with Crippen LogP contribution < -0.4 is 4.72 Å². The third-order valence-electron chi connectivity index (χ3n) is 3.50. The van der Waals surface area contributed by atoms with Gasteiger partial charge in [-0.15, -0.1) is 0 Å². The Bertz CT molecular complexity index is 1060. The van der Waals surface area contributed by atoms with Crippen molar-refractivity contribution in [2.75, 3.05) is 4.72 Å². The van der Waals surface area contributed by atoms with Gasteiger partial charge in [0, 0.05) is 5.69 Å². The lowest BCUT2D eigenvalue weighted by molar-refractivity contribution is -0.136. The molecule has 7 nitrogen and oxygen atoms in total. The molecule has 0 fully saturated rings. The van der Waals surface area contributed by atoms with E-state index in [9.17, 15) is 17.6 Å². The van der Waals surface area contributed by atoms with Crippen LogP contribution >= 0.6 is 0 Å². The Morgan fingerprint density at radius 2 is 1.96 bits per heavy atom. The van der Waals surface area contributed by atoms with Crippen LogP contribution in [-0.2, 0) is 21.2 Å². The first kappa shape index (κ1) is 17.6. The van der Waals surface area contributed by atoms with Gasteiger partial charge in [-0.25, -0.2) is 17.5 Å². The molecule has 0 bridgehead atoms. The summed E-state index contributed by atoms with van der Waals surface area (Å²) >= 11 is 0. The lowest BCUT2D eigenvalue weighted by Crippen LogP contribution is -2.12. The normalized spacial score (nSPS) is 11.3. The minimum absolute atomic E-state index is 0.123. The van der Waals surface area contributed by atoms with E-state index in [0.717, 1.165) is 10.9 Å². The molecule has 2 aromatic carbocycles. The monoisotopic (exact) mass is 375 g/mol. The molecular formula is C17H14FN3O4S. The highest BCUT2D eigenvalue weighted by molar-refractivity contribution is 7.92. The summed E-state index contributed by atoms with van der Waals surface area (Å²) in [5.74, 6) is -1.55. The van der Waals surface area contributed by atoms with Gasteiger partial charge >= 0.3 is 5.97 Å². The average Bonchev–Trinajstić information content (AvgIpc) is 3.05. The fraction of sp³-hybridized carbons (Fsp3) is 0.0588. The van der Waals surface area contributed by atoms with Crippen molar-refractivity contribution in [3.05, 3.63) is 72.3 Å². The number of carbonyl (C=O) groups is 1. The quantitative estimate of drug-likeness (QED) is 0.689. The second-order valence-corrected chi connectivity index (χ2v) is 7.13. The number of nitrogens with one attached hydrogen (secondary N) is 1. The molecule has 2 N–H and O–H groups in total. The first-order valence-corrected chi connectivity index (χ1v) is 8.96. The highest BCUT2D eigenvalue weighted by Crippen LogP contribution is 2.19. The van der Waals surface area contributed by atoms with Crippen molar-refractivity contribution in [1.29, 1.82) is 0 Å². The number of anilines is 1. The highest BCUT2D eigenvalue weighted by Gasteiger charge is 2.18. The molecule has 0 unspecified atom stereocenters. The number of benzene rings is 2. The molecule has 3 aromatic rings. The van der Waals surface area contributed by atoms with Crippen molar-refractivity contribution in [1.82, 2.24) is 9.78 Å². The van der Waals surface area contributed by atoms with Crippen LogP contribution in [0.2, 0.25) is 0 Å². The van der Waals surface area contributed by atoms with Crippen molar-refractivity contribution in [3.63, 3.8) is 0 Å². The summed E-state index contributed by atoms with van der Waals surface area (Å²) in [6.45, 7) is 0. The molecule has 9 heteroatoms. The van der Waals surface area contributed by atoms with Crippen molar-refractivity contribution in [2.24, 2.45) is 0 Å². The van der Waals surface area contributed by atoms with E-state index < -0.39 is 21.8 Å². The summed E-state index contributed by atoms with van der Waals surface area (Å²) in [4.78, 5) is 10.6. The van der Waals surface area contributed by atoms with Gasteiger partial charge in [-0.3, -0.25) is 9.52 Å². The molecule has 0 atom stereocenters. The summed E-state index contributed by atoms with van der Waals surface area (Å²) in [6, 6.07) is 11.9. The van der Waals surface area contributed by atoms with E-state index in [1.165, 1.54) is 36.5 Å². The van der Waals surface area contributed by atoms with E-state index in [1.54, 1.807) is 18.2 Å². The van der Waals surface area contributed by atoms with Gasteiger partial charge in [0.05, 0.1) is 18.8 Å². The molecular weight excluding hydrogens is 361 g/mol. The fourth-order valence-electron chi connectivity index (χ4n) is 2.35. The Hall–Kier alpha value is -3.20. The van der Waals surface area contributed by atoms with Crippen LogP contribution in [0.25, 0.3) is 5.69 Å². The minimum Gasteiger partial charge on any atom is -0.481 e. The molecule has 0 spiro atoms. The molecule has 134 valence electrons. The molecule has 0 saturated heterocycles. The Labute approximate surface area is 148 Å². The Balaban J connectivity index is 1.86. The summed E-state index contributed by atoms with van der Waals surface area (Å²) < 4.78 is 42.3. The lowest BCUT2D eigenvalue weighted by atomic mass is 10.1. The number of para-hydroxylation sites is 1. The zero-order valence-electron chi connectivity index (χ0n) is 13.3. The van der Waals surface area contributed by atoms with Crippen LogP contribution in [0.1, 0.15) is 5.56 Å². The molecule has 0 saturated carbocycles. The molecule has 1 aromatic heterocycles. The van der Waals surface area contributed by atoms with Crippen LogP contribution in [0.4, 0.5) is 10.1 Å². The van der Waals surface area contributed by atoms with Crippen molar-refractivity contribution < 1.29 is 22.7 Å². The minimum atomic E-state index is -3.96. The maximum atomic E-state index is 13.8. The molecule has 0 radical (unpaired) electrons. The Morgan fingerprint density at radius 3 is 2.69 bits per heavy atom. The summed E-state index contributed by atoms with van der Waals surface area (Å²) in [5, 5.41) is 12.7. The number of carboxylic acids is 1. The van der Waals surface area contributed by atoms with Crippen LogP contribution in [0.5, 0.6) is 0 Å². The number of rotatable bonds is 6. The first-order valence-electron chi connectivity index (χ1n) is 7.48. The number of halogens is 1. The van der Waals surface area contributed by atoms with Gasteiger partial charge in [0.15, 0.2) is 0 Å². The van der Waals surface area contributed by atoms with E-state index in [-0.39, 0.29) is 22.7 Å². The van der Waals surface area contributed by atoms with Crippen LogP contribution in [0, 0.1) is 5.82 Å². The number of carboxylic acid groups (broad SMARTS) is 1. The molecule has 1 heterocycles. The second-order valence-electron chi connectivity index (χ2n) is 5.45. The smallest absolute Gasteiger partial charge is 0.307 e. The van der Waals surface area contributed by atoms with Crippen molar-refractivity contribution >= 4 is 21.7 Å². The number of aromatic nitrogens is 2. The third-order valence-corrected chi connectivity index (χ3v) is 4.84. The molecule has 0 aliphatic carbocycles. The SMILES string of the molecule is O=C(O)Cc1cccc(NS(=O)(=O)c2cnn(-c3ccccc3F)c2)c1. The number of hydrogen-bond donors (Lipinski definition) is 2. The van der Waals surface area contributed by atoms with E-state index >= 15 is 0 Å². The topological polar surface area (TPSA) is 101 Å². The summed E-state index contributed by atoms with van der Waals surface area (Å²) in [5.41, 5.74) is 0.805. The van der Waals surface area contributed by atoms with Crippen molar-refractivity contribution in [2.45, 2.75) is 11.3 Å². The third kappa shape index (κ3) is 3.89. The largest absolute Gasteiger partial charge is 0.481 e. The zero-order valence-corrected chi connectivity index (χ0v) is 14.1. The first-order chi connectivity index (χ1) is 12.3. The van der Waals surface area contributed by atoms with E-state index in [0.29, 0.717) is 5.56 Å². The average molecular weight is 375 g/mol. The Morgan fingerprint density at radius 1 is 1.19 bits per heavy atom. The number of hydrogen-bond acceptors (Lipinski definition) is 4. The van der Waals surface area contributed by atoms with Crippen molar-refractivity contribution in [3.8, 4) is 5.69 Å². The highest BCUT2D eigenvalue weighted by atomic mass is 32.2. The van der Waals surface area contributed by atoms with Crippen LogP contribution in [0.15, 0.2) is 65.8 Å². The van der Waals surface area contributed by atoms with Crippen LogP contribution in [-0.4, -0.2) is 29.3 Å². The van der Waals surface area contributed by atoms with Gasteiger partial charge in [-0.2, -0.15) is 5.10 Å². The molecule has 26 heavy (non-hydrogen) atoms. The predicted octanol–water partition coefficient (Wildman–Crippen LogP) is 2.44. The van der Waals surface area contributed by atoms with E-state index in [1.807, 2.05) is 0 Å². The Kier molecular flexibility index (Phi) is 4.72. The fourth-order valence-corrected chi connectivity index (χ4v) is 3.33. The molecule has 0 aliphatic heterocycles. The predicted molar refractivity (Wildman–Crippen MR) is 92.1 cm³/mol.